The third-order valence-electron chi connectivity index (χ3n) is 13.1. The Morgan fingerprint density at radius 2 is 1.87 bits per heavy atom. The van der Waals surface area contributed by atoms with Gasteiger partial charge in [-0.05, 0) is 99.6 Å². The quantitative estimate of drug-likeness (QED) is 0.165. The Labute approximate surface area is 316 Å². The molecule has 1 unspecified atom stereocenters. The highest BCUT2D eigenvalue weighted by molar-refractivity contribution is 5.97. The predicted molar refractivity (Wildman–Crippen MR) is 207 cm³/mol. The number of nitrogens with one attached hydrogen (secondary N) is 3. The van der Waals surface area contributed by atoms with E-state index in [1.807, 2.05) is 57.4 Å². The van der Waals surface area contributed by atoms with Crippen LogP contribution in [-0.4, -0.2) is 103 Å². The first-order chi connectivity index (χ1) is 25.1. The van der Waals surface area contributed by atoms with Gasteiger partial charge in [0, 0.05) is 53.0 Å². The van der Waals surface area contributed by atoms with Crippen molar-refractivity contribution in [1.82, 2.24) is 20.6 Å². The van der Waals surface area contributed by atoms with E-state index in [9.17, 15) is 19.8 Å². The number of anilines is 1. The van der Waals surface area contributed by atoms with E-state index < -0.39 is 24.2 Å². The van der Waals surface area contributed by atoms with Crippen LogP contribution >= 0.6 is 0 Å². The fraction of sp³-hybridized carbons (Fsp3) is 0.667. The minimum Gasteiger partial charge on any atom is -0.496 e. The Balaban J connectivity index is 1.29. The van der Waals surface area contributed by atoms with Gasteiger partial charge in [0.15, 0.2) is 0 Å². The molecular formula is C42H63N5O6. The SMILES string of the molecule is CCNc1cc(C(=O)N[C@@H](CC(C)C)CN(C)C)cc(-c2cccc(CN3O[C@@H](CO)[C@@H]([C@H](C)O)[C@H]3C(=O)N[C@@]34C[C@H]5C3[C@@H]([C@@H]4C)C5(C)C)c2OC)c1. The first kappa shape index (κ1) is 39.5. The van der Waals surface area contributed by atoms with Gasteiger partial charge >= 0.3 is 0 Å². The van der Waals surface area contributed by atoms with Crippen LogP contribution < -0.4 is 20.7 Å². The van der Waals surface area contributed by atoms with Gasteiger partial charge in [0.05, 0.1) is 26.4 Å². The standard InChI is InChI=1S/C42H63N5O6/c1-11-43-29-17-27(16-28(18-29)39(50)44-30(15-23(2)3)21-46(8)9)31-14-12-13-26(38(31)52-10)20-47-37(34(25(5)49)33(22-48)53-47)40(51)45-42-19-32-36(42)35(24(42)4)41(32,6)7/h12-14,16-18,23-25,30,32-37,43,48-49H,11,15,19-22H2,1-10H3,(H,44,50)(H,45,51)/t24-,25-,30-,32-,33-,34+,35+,36?,37-,42+/m0/s1. The Kier molecular flexibility index (Phi) is 11.3. The highest BCUT2D eigenvalue weighted by Crippen LogP contribution is 2.81. The number of aliphatic hydroxyl groups excluding tert-OH is 2. The molecule has 4 fully saturated rings. The number of para-hydroxylation sites is 1. The first-order valence-corrected chi connectivity index (χ1v) is 19.6. The van der Waals surface area contributed by atoms with Crippen LogP contribution in [0.15, 0.2) is 36.4 Å². The molecule has 292 valence electrons. The molecule has 1 saturated heterocycles. The van der Waals surface area contributed by atoms with E-state index in [4.69, 9.17) is 9.57 Å². The van der Waals surface area contributed by atoms with Crippen molar-refractivity contribution in [3.63, 3.8) is 0 Å². The summed E-state index contributed by atoms with van der Waals surface area (Å²) in [5, 5.41) is 33.1. The fourth-order valence-corrected chi connectivity index (χ4v) is 10.8. The lowest BCUT2D eigenvalue weighted by Gasteiger charge is -2.86. The molecule has 3 saturated carbocycles. The average molecular weight is 734 g/mol. The van der Waals surface area contributed by atoms with Gasteiger partial charge in [0.25, 0.3) is 5.91 Å². The molecule has 10 atom stereocenters. The zero-order valence-electron chi connectivity index (χ0n) is 33.4. The lowest BCUT2D eigenvalue weighted by Crippen LogP contribution is -2.90. The molecule has 53 heavy (non-hydrogen) atoms. The highest BCUT2D eigenvalue weighted by atomic mass is 16.7. The first-order valence-electron chi connectivity index (χ1n) is 19.6. The van der Waals surface area contributed by atoms with Crippen LogP contribution in [0.2, 0.25) is 0 Å². The molecule has 4 aliphatic rings. The third kappa shape index (κ3) is 6.97. The molecule has 0 bridgehead atoms. The number of likely N-dealkylation sites (N-methyl/N-ethyl adjacent to an activating group) is 1. The molecule has 2 aromatic rings. The van der Waals surface area contributed by atoms with Crippen molar-refractivity contribution in [2.45, 2.75) is 97.7 Å². The fourth-order valence-electron chi connectivity index (χ4n) is 10.8. The maximum atomic E-state index is 14.4. The summed E-state index contributed by atoms with van der Waals surface area (Å²) in [5.74, 6) is 2.20. The molecule has 11 nitrogen and oxygen atoms in total. The Morgan fingerprint density at radius 3 is 2.45 bits per heavy atom. The number of methoxy groups -OCH3 is 1. The van der Waals surface area contributed by atoms with E-state index in [2.05, 4.69) is 55.5 Å². The number of carbonyl (C=O) groups excluding carboxylic acids is 2. The number of nitrogens with zero attached hydrogens (tertiary/aromatic N) is 2. The lowest BCUT2D eigenvalue weighted by molar-refractivity contribution is -0.349. The van der Waals surface area contributed by atoms with Crippen molar-refractivity contribution in [2.75, 3.05) is 46.2 Å². The molecule has 5 N–H and O–H groups in total. The maximum absolute atomic E-state index is 14.4. The minimum absolute atomic E-state index is 0.000221. The van der Waals surface area contributed by atoms with Crippen molar-refractivity contribution < 1.29 is 29.4 Å². The second-order valence-corrected chi connectivity index (χ2v) is 17.6. The number of carbonyl (C=O) groups is 2. The number of rotatable bonds is 16. The van der Waals surface area contributed by atoms with Crippen LogP contribution in [0.4, 0.5) is 5.69 Å². The van der Waals surface area contributed by atoms with E-state index in [1.54, 1.807) is 19.1 Å². The number of hydroxylamine groups is 2. The van der Waals surface area contributed by atoms with Crippen LogP contribution in [0.25, 0.3) is 11.1 Å². The Hall–Kier alpha value is -3.22. The van der Waals surface area contributed by atoms with Crippen molar-refractivity contribution in [3.8, 4) is 16.9 Å². The minimum atomic E-state index is -0.891. The normalized spacial score (nSPS) is 30.8. The summed E-state index contributed by atoms with van der Waals surface area (Å²) >= 11 is 0. The number of hydrogen-bond acceptors (Lipinski definition) is 9. The smallest absolute Gasteiger partial charge is 0.251 e. The van der Waals surface area contributed by atoms with E-state index in [0.717, 1.165) is 41.8 Å². The number of amides is 2. The zero-order valence-corrected chi connectivity index (χ0v) is 33.4. The van der Waals surface area contributed by atoms with Gasteiger partial charge in [-0.25, -0.2) is 0 Å². The molecule has 0 spiro atoms. The van der Waals surface area contributed by atoms with Crippen LogP contribution in [-0.2, 0) is 16.2 Å². The molecule has 0 aromatic heterocycles. The van der Waals surface area contributed by atoms with Gasteiger partial charge in [-0.15, -0.1) is 0 Å². The zero-order chi connectivity index (χ0) is 38.6. The summed E-state index contributed by atoms with van der Waals surface area (Å²) in [6, 6.07) is 10.8. The molecule has 1 aliphatic heterocycles. The van der Waals surface area contributed by atoms with Gasteiger partial charge in [-0.3, -0.25) is 14.4 Å². The van der Waals surface area contributed by atoms with E-state index >= 15 is 0 Å². The molecule has 1 heterocycles. The summed E-state index contributed by atoms with van der Waals surface area (Å²) in [6.45, 7) is 16.2. The summed E-state index contributed by atoms with van der Waals surface area (Å²) in [5.41, 5.74) is 3.83. The second-order valence-electron chi connectivity index (χ2n) is 17.6. The largest absolute Gasteiger partial charge is 0.496 e. The van der Waals surface area contributed by atoms with Gasteiger partial charge in [0.2, 0.25) is 5.91 Å². The summed E-state index contributed by atoms with van der Waals surface area (Å²) in [7, 11) is 5.64. The molecule has 6 rings (SSSR count). The molecule has 3 aliphatic carbocycles. The molecule has 11 heteroatoms. The summed E-state index contributed by atoms with van der Waals surface area (Å²) in [4.78, 5) is 36.6. The third-order valence-corrected chi connectivity index (χ3v) is 13.1. The van der Waals surface area contributed by atoms with Gasteiger partial charge in [-0.2, -0.15) is 5.06 Å². The topological polar surface area (TPSA) is 136 Å². The van der Waals surface area contributed by atoms with Crippen molar-refractivity contribution in [1.29, 1.82) is 0 Å². The van der Waals surface area contributed by atoms with Crippen molar-refractivity contribution >= 4 is 17.5 Å². The second kappa shape index (κ2) is 15.1. The maximum Gasteiger partial charge on any atom is 0.251 e. The van der Waals surface area contributed by atoms with E-state index in [0.29, 0.717) is 52.9 Å². The monoisotopic (exact) mass is 733 g/mol. The van der Waals surface area contributed by atoms with Gasteiger partial charge < -0.3 is 35.8 Å². The highest BCUT2D eigenvalue weighted by Gasteiger charge is 2.83. The molecule has 2 aromatic carbocycles. The van der Waals surface area contributed by atoms with Crippen LogP contribution in [0.1, 0.15) is 77.2 Å². The average Bonchev–Trinajstić information content (AvgIpc) is 3.46. The number of aliphatic hydroxyl groups is 2. The van der Waals surface area contributed by atoms with Crippen LogP contribution in [0, 0.1) is 40.9 Å². The van der Waals surface area contributed by atoms with Crippen molar-refractivity contribution in [2.24, 2.45) is 40.9 Å². The van der Waals surface area contributed by atoms with E-state index in [1.165, 1.54) is 0 Å². The number of ether oxygens (including phenoxy) is 1. The number of benzene rings is 2. The number of hydrogen-bond donors (Lipinski definition) is 5. The van der Waals surface area contributed by atoms with Crippen LogP contribution in [0.5, 0.6) is 5.75 Å². The Bertz CT molecular complexity index is 1640. The van der Waals surface area contributed by atoms with Gasteiger partial charge in [0.1, 0.15) is 17.9 Å². The summed E-state index contributed by atoms with van der Waals surface area (Å²) in [6.07, 6.45) is 0.202. The summed E-state index contributed by atoms with van der Waals surface area (Å²) < 4.78 is 6.09. The molecular weight excluding hydrogens is 670 g/mol. The predicted octanol–water partition coefficient (Wildman–Crippen LogP) is 4.77. The van der Waals surface area contributed by atoms with Crippen LogP contribution in [0.3, 0.4) is 0 Å². The van der Waals surface area contributed by atoms with Crippen molar-refractivity contribution in [3.05, 3.63) is 47.5 Å². The Morgan fingerprint density at radius 1 is 1.13 bits per heavy atom. The van der Waals surface area contributed by atoms with Gasteiger partial charge in [-0.1, -0.05) is 52.8 Å². The van der Waals surface area contributed by atoms with E-state index in [-0.39, 0.29) is 36.5 Å². The molecule has 0 radical (unpaired) electrons. The lowest BCUT2D eigenvalue weighted by atomic mass is 9.21. The molecule has 2 amide bonds.